The predicted molar refractivity (Wildman–Crippen MR) is 92.4 cm³/mol. The van der Waals surface area contributed by atoms with Crippen molar-refractivity contribution in [3.63, 3.8) is 0 Å². The van der Waals surface area contributed by atoms with Crippen LogP contribution in [0.2, 0.25) is 0 Å². The van der Waals surface area contributed by atoms with Gasteiger partial charge < -0.3 is 4.57 Å². The zero-order valence-electron chi connectivity index (χ0n) is 14.3. The summed E-state index contributed by atoms with van der Waals surface area (Å²) in [5.74, 6) is 0.412. The third kappa shape index (κ3) is 2.73. The number of rotatable bonds is 4. The van der Waals surface area contributed by atoms with Gasteiger partial charge >= 0.3 is 0 Å². The Labute approximate surface area is 148 Å². The summed E-state index contributed by atoms with van der Waals surface area (Å²) in [5.41, 5.74) is 2.27. The molecule has 0 saturated heterocycles. The summed E-state index contributed by atoms with van der Waals surface area (Å²) < 4.78 is 29.3. The van der Waals surface area contributed by atoms with Crippen LogP contribution in [-0.4, -0.2) is 29.8 Å². The number of nitrogens with zero attached hydrogens (tertiary/aromatic N) is 6. The van der Waals surface area contributed by atoms with E-state index in [4.69, 9.17) is 0 Å². The Hall–Kier alpha value is -3.16. The maximum Gasteiger partial charge on any atom is 0.204 e. The molecule has 0 bridgehead atoms. The number of hydrogen-bond acceptors (Lipinski definition) is 4. The first-order valence-corrected chi connectivity index (χ1v) is 8.24. The smallest absolute Gasteiger partial charge is 0.204 e. The molecule has 0 unspecified atom stereocenters. The van der Waals surface area contributed by atoms with Crippen molar-refractivity contribution in [3.8, 4) is 11.4 Å². The first-order chi connectivity index (χ1) is 12.6. The van der Waals surface area contributed by atoms with Gasteiger partial charge in [0.1, 0.15) is 23.7 Å². The van der Waals surface area contributed by atoms with Crippen molar-refractivity contribution in [2.75, 3.05) is 0 Å². The lowest BCUT2D eigenvalue weighted by molar-refractivity contribution is 0.536. The number of tetrazole rings is 1. The lowest BCUT2D eigenvalue weighted by Crippen LogP contribution is -2.10. The molecule has 0 aliphatic rings. The predicted octanol–water partition coefficient (Wildman–Crippen LogP) is 3.34. The van der Waals surface area contributed by atoms with Crippen molar-refractivity contribution in [2.45, 2.75) is 26.9 Å². The second kappa shape index (κ2) is 6.29. The standard InChI is InChI=1S/C18H16F2N6/c1-3-25-15-6-4-5-14(20)17(15)21-16(25)10-26-23-18(22-24-26)12-7-8-13(19)11(2)9-12/h4-9H,3,10H2,1-2H3. The maximum absolute atomic E-state index is 14.0. The molecule has 2 aromatic carbocycles. The fourth-order valence-corrected chi connectivity index (χ4v) is 2.97. The minimum Gasteiger partial charge on any atom is -0.327 e. The fraction of sp³-hybridized carbons (Fsp3) is 0.222. The zero-order chi connectivity index (χ0) is 18.3. The van der Waals surface area contributed by atoms with Gasteiger partial charge in [-0.25, -0.2) is 13.8 Å². The molecule has 0 aliphatic heterocycles. The quantitative estimate of drug-likeness (QED) is 0.564. The van der Waals surface area contributed by atoms with Crippen LogP contribution in [0.3, 0.4) is 0 Å². The van der Waals surface area contributed by atoms with E-state index in [1.165, 1.54) is 16.9 Å². The van der Waals surface area contributed by atoms with Gasteiger partial charge in [0.2, 0.25) is 5.82 Å². The second-order valence-electron chi connectivity index (χ2n) is 5.99. The molecule has 0 fully saturated rings. The van der Waals surface area contributed by atoms with Gasteiger partial charge in [-0.2, -0.15) is 4.80 Å². The first kappa shape index (κ1) is 16.3. The van der Waals surface area contributed by atoms with E-state index >= 15 is 0 Å². The van der Waals surface area contributed by atoms with Crippen molar-refractivity contribution in [1.82, 2.24) is 29.8 Å². The Bertz CT molecular complexity index is 1100. The van der Waals surface area contributed by atoms with Crippen LogP contribution in [0.15, 0.2) is 36.4 Å². The summed E-state index contributed by atoms with van der Waals surface area (Å²) in [6, 6.07) is 9.55. The molecular weight excluding hydrogens is 338 g/mol. The summed E-state index contributed by atoms with van der Waals surface area (Å²) in [4.78, 5) is 5.80. The number of halogens is 2. The van der Waals surface area contributed by atoms with E-state index in [-0.39, 0.29) is 18.2 Å². The monoisotopic (exact) mass is 354 g/mol. The van der Waals surface area contributed by atoms with Crippen molar-refractivity contribution < 1.29 is 8.78 Å². The number of aryl methyl sites for hydroxylation is 2. The molecule has 8 heteroatoms. The van der Waals surface area contributed by atoms with Crippen LogP contribution in [0.1, 0.15) is 18.3 Å². The van der Waals surface area contributed by atoms with Crippen molar-refractivity contribution in [2.24, 2.45) is 0 Å². The van der Waals surface area contributed by atoms with Gasteiger partial charge in [0, 0.05) is 12.1 Å². The SMILES string of the molecule is CCn1c(Cn2nnc(-c3ccc(F)c(C)c3)n2)nc2c(F)cccc21. The molecule has 0 spiro atoms. The summed E-state index contributed by atoms with van der Waals surface area (Å²) >= 11 is 0. The Morgan fingerprint density at radius 2 is 1.92 bits per heavy atom. The van der Waals surface area contributed by atoms with Gasteiger partial charge in [-0.3, -0.25) is 0 Å². The Balaban J connectivity index is 1.68. The van der Waals surface area contributed by atoms with Gasteiger partial charge in [-0.1, -0.05) is 6.07 Å². The summed E-state index contributed by atoms with van der Waals surface area (Å²) in [6.45, 7) is 4.56. The zero-order valence-corrected chi connectivity index (χ0v) is 14.3. The van der Waals surface area contributed by atoms with E-state index < -0.39 is 0 Å². The molecule has 2 aromatic heterocycles. The molecule has 4 rings (SSSR count). The summed E-state index contributed by atoms with van der Waals surface area (Å²) in [6.07, 6.45) is 0. The number of hydrogen-bond donors (Lipinski definition) is 0. The number of para-hydroxylation sites is 1. The normalized spacial score (nSPS) is 11.4. The highest BCUT2D eigenvalue weighted by atomic mass is 19.1. The lowest BCUT2D eigenvalue weighted by Gasteiger charge is -2.04. The Morgan fingerprint density at radius 1 is 1.08 bits per heavy atom. The maximum atomic E-state index is 14.0. The van der Waals surface area contributed by atoms with Crippen molar-refractivity contribution >= 4 is 11.0 Å². The number of benzene rings is 2. The van der Waals surface area contributed by atoms with Crippen LogP contribution in [0.5, 0.6) is 0 Å². The summed E-state index contributed by atoms with van der Waals surface area (Å²) in [5, 5.41) is 12.4. The average Bonchev–Trinajstić information content (AvgIpc) is 3.23. The van der Waals surface area contributed by atoms with Crippen LogP contribution in [0.25, 0.3) is 22.4 Å². The molecule has 0 amide bonds. The molecule has 2 heterocycles. The molecule has 0 N–H and O–H groups in total. The van der Waals surface area contributed by atoms with Gasteiger partial charge in [0.25, 0.3) is 0 Å². The molecule has 4 aromatic rings. The van der Waals surface area contributed by atoms with Crippen LogP contribution in [-0.2, 0) is 13.1 Å². The van der Waals surface area contributed by atoms with E-state index in [0.717, 1.165) is 5.52 Å². The van der Waals surface area contributed by atoms with Crippen LogP contribution >= 0.6 is 0 Å². The molecule has 0 radical (unpaired) electrons. The second-order valence-corrected chi connectivity index (χ2v) is 5.99. The van der Waals surface area contributed by atoms with E-state index in [1.54, 1.807) is 25.1 Å². The number of imidazole rings is 1. The van der Waals surface area contributed by atoms with E-state index in [2.05, 4.69) is 20.4 Å². The molecule has 0 saturated carbocycles. The van der Waals surface area contributed by atoms with E-state index in [0.29, 0.717) is 34.8 Å². The largest absolute Gasteiger partial charge is 0.327 e. The van der Waals surface area contributed by atoms with Crippen molar-refractivity contribution in [3.05, 3.63) is 59.4 Å². The van der Waals surface area contributed by atoms with Gasteiger partial charge in [0.05, 0.1) is 5.52 Å². The van der Waals surface area contributed by atoms with Crippen LogP contribution in [0, 0.1) is 18.6 Å². The topological polar surface area (TPSA) is 61.4 Å². The third-order valence-electron chi connectivity index (χ3n) is 4.28. The minimum absolute atomic E-state index is 0.259. The van der Waals surface area contributed by atoms with Gasteiger partial charge in [-0.15, -0.1) is 10.2 Å². The highest BCUT2D eigenvalue weighted by molar-refractivity contribution is 5.76. The van der Waals surface area contributed by atoms with E-state index in [1.807, 2.05) is 17.6 Å². The molecule has 26 heavy (non-hydrogen) atoms. The highest BCUT2D eigenvalue weighted by Crippen LogP contribution is 2.20. The number of aromatic nitrogens is 6. The third-order valence-corrected chi connectivity index (χ3v) is 4.28. The van der Waals surface area contributed by atoms with Crippen molar-refractivity contribution in [1.29, 1.82) is 0 Å². The lowest BCUT2D eigenvalue weighted by atomic mass is 10.1. The highest BCUT2D eigenvalue weighted by Gasteiger charge is 2.15. The Kier molecular flexibility index (Phi) is 3.95. The minimum atomic E-state index is -0.357. The van der Waals surface area contributed by atoms with E-state index in [9.17, 15) is 8.78 Å². The Morgan fingerprint density at radius 3 is 2.69 bits per heavy atom. The first-order valence-electron chi connectivity index (χ1n) is 8.24. The van der Waals surface area contributed by atoms with Crippen LogP contribution in [0.4, 0.5) is 8.78 Å². The molecular formula is C18H16F2N6. The summed E-state index contributed by atoms with van der Waals surface area (Å²) in [7, 11) is 0. The van der Waals surface area contributed by atoms with Gasteiger partial charge in [-0.05, 0) is 55.0 Å². The van der Waals surface area contributed by atoms with Crippen LogP contribution < -0.4 is 0 Å². The van der Waals surface area contributed by atoms with Gasteiger partial charge in [0.15, 0.2) is 5.82 Å². The molecule has 0 atom stereocenters. The average molecular weight is 354 g/mol. The fourth-order valence-electron chi connectivity index (χ4n) is 2.97. The molecule has 132 valence electrons. The molecule has 0 aliphatic carbocycles. The molecule has 6 nitrogen and oxygen atoms in total. The number of fused-ring (bicyclic) bond motifs is 1.